The number of hydrogen-bond acceptors (Lipinski definition) is 3. The van der Waals surface area contributed by atoms with E-state index in [0.717, 1.165) is 51.3 Å². The standard InChI is InChI=1S/C17H29N5O.ClH/c1-14-11-15(2)22(20-14)10-4-7-19-16(23)21-9-3-5-17(13-21)6-8-18-12-17;/h11,18H,3-10,12-13H2,1-2H3,(H,19,23);1H. The van der Waals surface area contributed by atoms with Crippen LogP contribution in [0.15, 0.2) is 6.07 Å². The number of urea groups is 1. The summed E-state index contributed by atoms with van der Waals surface area (Å²) in [5, 5.41) is 11.0. The lowest BCUT2D eigenvalue weighted by Gasteiger charge is -2.39. The third-order valence-corrected chi connectivity index (χ3v) is 5.21. The summed E-state index contributed by atoms with van der Waals surface area (Å²) in [5.74, 6) is 0. The molecule has 1 aromatic heterocycles. The molecule has 0 aliphatic carbocycles. The van der Waals surface area contributed by atoms with Crippen LogP contribution in [0.4, 0.5) is 4.79 Å². The van der Waals surface area contributed by atoms with Crippen molar-refractivity contribution in [2.24, 2.45) is 5.41 Å². The molecule has 0 aromatic carbocycles. The number of halogens is 1. The Labute approximate surface area is 150 Å². The van der Waals surface area contributed by atoms with Crippen molar-refractivity contribution in [2.45, 2.75) is 46.1 Å². The summed E-state index contributed by atoms with van der Waals surface area (Å²) in [6.07, 6.45) is 4.49. The molecule has 7 heteroatoms. The van der Waals surface area contributed by atoms with E-state index in [0.29, 0.717) is 12.0 Å². The lowest BCUT2D eigenvalue weighted by Crippen LogP contribution is -2.50. The van der Waals surface area contributed by atoms with Crippen LogP contribution < -0.4 is 10.6 Å². The molecule has 1 atom stereocenters. The van der Waals surface area contributed by atoms with Crippen LogP contribution in [0.5, 0.6) is 0 Å². The zero-order chi connectivity index (χ0) is 16.3. The maximum Gasteiger partial charge on any atom is 0.317 e. The van der Waals surface area contributed by atoms with Crippen molar-refractivity contribution < 1.29 is 4.79 Å². The normalized spacial score (nSPS) is 23.3. The van der Waals surface area contributed by atoms with Crippen molar-refractivity contribution in [1.82, 2.24) is 25.3 Å². The molecular weight excluding hydrogens is 326 g/mol. The average Bonchev–Trinajstić information content (AvgIpc) is 3.10. The zero-order valence-corrected chi connectivity index (χ0v) is 15.6. The highest BCUT2D eigenvalue weighted by molar-refractivity contribution is 5.85. The fourth-order valence-corrected chi connectivity index (χ4v) is 3.96. The van der Waals surface area contributed by atoms with Crippen molar-refractivity contribution in [3.8, 4) is 0 Å². The predicted octanol–water partition coefficient (Wildman–Crippen LogP) is 2.10. The molecule has 2 saturated heterocycles. The Morgan fingerprint density at radius 3 is 2.92 bits per heavy atom. The fourth-order valence-electron chi connectivity index (χ4n) is 3.96. The minimum atomic E-state index is 0. The van der Waals surface area contributed by atoms with Crippen molar-refractivity contribution in [2.75, 3.05) is 32.7 Å². The average molecular weight is 356 g/mol. The molecule has 2 fully saturated rings. The predicted molar refractivity (Wildman–Crippen MR) is 97.7 cm³/mol. The topological polar surface area (TPSA) is 62.2 Å². The Kier molecular flexibility index (Phi) is 6.52. The largest absolute Gasteiger partial charge is 0.338 e. The van der Waals surface area contributed by atoms with Crippen LogP contribution in [0.25, 0.3) is 0 Å². The molecule has 3 heterocycles. The number of amides is 2. The van der Waals surface area contributed by atoms with Crippen molar-refractivity contribution >= 4 is 18.4 Å². The van der Waals surface area contributed by atoms with Gasteiger partial charge in [-0.1, -0.05) is 0 Å². The van der Waals surface area contributed by atoms with Gasteiger partial charge in [0.1, 0.15) is 0 Å². The van der Waals surface area contributed by atoms with Gasteiger partial charge in [-0.15, -0.1) is 12.4 Å². The maximum absolute atomic E-state index is 12.4. The third-order valence-electron chi connectivity index (χ3n) is 5.21. The van der Waals surface area contributed by atoms with Gasteiger partial charge in [-0.3, -0.25) is 4.68 Å². The third kappa shape index (κ3) is 4.42. The molecule has 2 amide bonds. The molecule has 6 nitrogen and oxygen atoms in total. The van der Waals surface area contributed by atoms with Crippen LogP contribution in [0.1, 0.15) is 37.1 Å². The second-order valence-electron chi connectivity index (χ2n) is 7.19. The molecular formula is C17H30ClN5O. The number of nitrogens with one attached hydrogen (secondary N) is 2. The Bertz CT molecular complexity index is 553. The highest BCUT2D eigenvalue weighted by atomic mass is 35.5. The fraction of sp³-hybridized carbons (Fsp3) is 0.765. The highest BCUT2D eigenvalue weighted by Crippen LogP contribution is 2.35. The second-order valence-corrected chi connectivity index (χ2v) is 7.19. The van der Waals surface area contributed by atoms with Gasteiger partial charge in [0.2, 0.25) is 0 Å². The van der Waals surface area contributed by atoms with Gasteiger partial charge in [-0.2, -0.15) is 5.10 Å². The summed E-state index contributed by atoms with van der Waals surface area (Å²) in [7, 11) is 0. The number of hydrogen-bond donors (Lipinski definition) is 2. The van der Waals surface area contributed by atoms with Crippen LogP contribution in [-0.4, -0.2) is 53.4 Å². The Balaban J connectivity index is 0.00000208. The van der Waals surface area contributed by atoms with Gasteiger partial charge in [-0.25, -0.2) is 4.79 Å². The van der Waals surface area contributed by atoms with E-state index in [1.807, 2.05) is 16.5 Å². The van der Waals surface area contributed by atoms with E-state index in [2.05, 4.69) is 28.7 Å². The van der Waals surface area contributed by atoms with E-state index in [1.54, 1.807) is 0 Å². The summed E-state index contributed by atoms with van der Waals surface area (Å²) in [6.45, 7) is 9.60. The number of carbonyl (C=O) groups excluding carboxylic acids is 1. The van der Waals surface area contributed by atoms with Crippen LogP contribution in [0.2, 0.25) is 0 Å². The van der Waals surface area contributed by atoms with Gasteiger partial charge in [0.25, 0.3) is 0 Å². The van der Waals surface area contributed by atoms with E-state index in [9.17, 15) is 4.79 Å². The number of rotatable bonds is 4. The van der Waals surface area contributed by atoms with E-state index < -0.39 is 0 Å². The minimum Gasteiger partial charge on any atom is -0.338 e. The molecule has 0 radical (unpaired) electrons. The number of aromatic nitrogens is 2. The molecule has 0 bridgehead atoms. The first-order chi connectivity index (χ1) is 11.1. The molecule has 24 heavy (non-hydrogen) atoms. The first-order valence-corrected chi connectivity index (χ1v) is 8.83. The van der Waals surface area contributed by atoms with Crippen LogP contribution in [-0.2, 0) is 6.54 Å². The lowest BCUT2D eigenvalue weighted by molar-refractivity contribution is 0.118. The number of aryl methyl sites for hydroxylation is 3. The number of piperidine rings is 1. The van der Waals surface area contributed by atoms with E-state index in [1.165, 1.54) is 18.5 Å². The monoisotopic (exact) mass is 355 g/mol. The second kappa shape index (κ2) is 8.21. The number of carbonyl (C=O) groups is 1. The van der Waals surface area contributed by atoms with Crippen LogP contribution >= 0.6 is 12.4 Å². The van der Waals surface area contributed by atoms with Gasteiger partial charge in [0.15, 0.2) is 0 Å². The van der Waals surface area contributed by atoms with E-state index in [4.69, 9.17) is 0 Å². The van der Waals surface area contributed by atoms with Crippen molar-refractivity contribution in [3.05, 3.63) is 17.5 Å². The van der Waals surface area contributed by atoms with Crippen molar-refractivity contribution in [3.63, 3.8) is 0 Å². The molecule has 1 aromatic rings. The maximum atomic E-state index is 12.4. The van der Waals surface area contributed by atoms with Crippen LogP contribution in [0, 0.1) is 19.3 Å². The van der Waals surface area contributed by atoms with Gasteiger partial charge in [0, 0.05) is 43.8 Å². The smallest absolute Gasteiger partial charge is 0.317 e. The molecule has 1 unspecified atom stereocenters. The lowest BCUT2D eigenvalue weighted by atomic mass is 9.79. The Hall–Kier alpha value is -1.27. The Morgan fingerprint density at radius 2 is 2.25 bits per heavy atom. The molecule has 136 valence electrons. The summed E-state index contributed by atoms with van der Waals surface area (Å²) in [6, 6.07) is 2.19. The molecule has 2 aliphatic rings. The summed E-state index contributed by atoms with van der Waals surface area (Å²) in [5.41, 5.74) is 2.56. The molecule has 0 saturated carbocycles. The summed E-state index contributed by atoms with van der Waals surface area (Å²) < 4.78 is 2.02. The first kappa shape index (κ1) is 19.1. The SMILES string of the molecule is Cc1cc(C)n(CCCNC(=O)N2CCCC3(CCNC3)C2)n1.Cl. The van der Waals surface area contributed by atoms with Crippen molar-refractivity contribution in [1.29, 1.82) is 0 Å². The zero-order valence-electron chi connectivity index (χ0n) is 14.8. The van der Waals surface area contributed by atoms with E-state index >= 15 is 0 Å². The molecule has 2 aliphatic heterocycles. The van der Waals surface area contributed by atoms with Gasteiger partial charge in [0.05, 0.1) is 5.69 Å². The molecule has 3 rings (SSSR count). The van der Waals surface area contributed by atoms with Gasteiger partial charge < -0.3 is 15.5 Å². The first-order valence-electron chi connectivity index (χ1n) is 8.83. The Morgan fingerprint density at radius 1 is 1.42 bits per heavy atom. The molecule has 1 spiro atoms. The number of likely N-dealkylation sites (tertiary alicyclic amines) is 1. The van der Waals surface area contributed by atoms with Crippen LogP contribution in [0.3, 0.4) is 0 Å². The molecule has 2 N–H and O–H groups in total. The summed E-state index contributed by atoms with van der Waals surface area (Å²) >= 11 is 0. The van der Waals surface area contributed by atoms with E-state index in [-0.39, 0.29) is 18.4 Å². The highest BCUT2D eigenvalue weighted by Gasteiger charge is 2.39. The van der Waals surface area contributed by atoms with Gasteiger partial charge in [-0.05, 0) is 52.1 Å². The quantitative estimate of drug-likeness (QED) is 0.813. The minimum absolute atomic E-state index is 0. The van der Waals surface area contributed by atoms with Gasteiger partial charge >= 0.3 is 6.03 Å². The number of nitrogens with zero attached hydrogens (tertiary/aromatic N) is 3. The summed E-state index contributed by atoms with van der Waals surface area (Å²) in [4.78, 5) is 14.4.